The van der Waals surface area contributed by atoms with E-state index in [0.717, 1.165) is 0 Å². The molecule has 3 N–H and O–H groups in total. The van der Waals surface area contributed by atoms with Crippen LogP contribution < -0.4 is 11.1 Å². The standard InChI is InChI=1S/C16H26N2O/c1-15(2,3)13(17)14(19)18-11-16(4,5)12-9-7-6-8-10-12/h6-10,13H,11,17H2,1-5H3,(H,18,19). The van der Waals surface area contributed by atoms with Gasteiger partial charge in [0.05, 0.1) is 6.04 Å². The van der Waals surface area contributed by atoms with Gasteiger partial charge in [0, 0.05) is 12.0 Å². The fourth-order valence-corrected chi connectivity index (χ4v) is 1.80. The molecule has 1 atom stereocenters. The minimum atomic E-state index is -0.487. The Morgan fingerprint density at radius 3 is 2.16 bits per heavy atom. The first-order chi connectivity index (χ1) is 8.64. The van der Waals surface area contributed by atoms with Crippen LogP contribution >= 0.6 is 0 Å². The number of hydrogen-bond donors (Lipinski definition) is 2. The van der Waals surface area contributed by atoms with Gasteiger partial charge in [-0.05, 0) is 11.0 Å². The van der Waals surface area contributed by atoms with E-state index in [1.54, 1.807) is 0 Å². The number of nitrogens with two attached hydrogens (primary N) is 1. The molecule has 0 fully saturated rings. The lowest BCUT2D eigenvalue weighted by Crippen LogP contribution is -2.50. The van der Waals surface area contributed by atoms with Crippen LogP contribution in [0.2, 0.25) is 0 Å². The first-order valence-corrected chi connectivity index (χ1v) is 6.73. The Hall–Kier alpha value is -1.35. The van der Waals surface area contributed by atoms with Gasteiger partial charge < -0.3 is 11.1 Å². The van der Waals surface area contributed by atoms with Crippen LogP contribution in [0.4, 0.5) is 0 Å². The zero-order chi connectivity index (χ0) is 14.7. The summed E-state index contributed by atoms with van der Waals surface area (Å²) >= 11 is 0. The lowest BCUT2D eigenvalue weighted by molar-refractivity contribution is -0.124. The second-order valence-electron chi connectivity index (χ2n) is 6.81. The molecule has 1 aromatic carbocycles. The van der Waals surface area contributed by atoms with E-state index in [-0.39, 0.29) is 16.7 Å². The van der Waals surface area contributed by atoms with E-state index in [0.29, 0.717) is 6.54 Å². The molecular weight excluding hydrogens is 236 g/mol. The van der Waals surface area contributed by atoms with Crippen LogP contribution in [0.25, 0.3) is 0 Å². The Kier molecular flexibility index (Phi) is 4.75. The first-order valence-electron chi connectivity index (χ1n) is 6.73. The van der Waals surface area contributed by atoms with Crippen molar-refractivity contribution in [2.24, 2.45) is 11.1 Å². The van der Waals surface area contributed by atoms with Crippen LogP contribution in [0.5, 0.6) is 0 Å². The van der Waals surface area contributed by atoms with Crippen molar-refractivity contribution in [2.75, 3.05) is 6.54 Å². The van der Waals surface area contributed by atoms with E-state index in [1.807, 2.05) is 39.0 Å². The minimum Gasteiger partial charge on any atom is -0.354 e. The highest BCUT2D eigenvalue weighted by atomic mass is 16.2. The van der Waals surface area contributed by atoms with Crippen LogP contribution in [-0.4, -0.2) is 18.5 Å². The lowest BCUT2D eigenvalue weighted by atomic mass is 9.83. The van der Waals surface area contributed by atoms with Gasteiger partial charge in [0.15, 0.2) is 0 Å². The van der Waals surface area contributed by atoms with Gasteiger partial charge in [0.1, 0.15) is 0 Å². The van der Waals surface area contributed by atoms with Crippen LogP contribution in [0.3, 0.4) is 0 Å². The van der Waals surface area contributed by atoms with Gasteiger partial charge >= 0.3 is 0 Å². The summed E-state index contributed by atoms with van der Waals surface area (Å²) < 4.78 is 0. The van der Waals surface area contributed by atoms with Gasteiger partial charge in [-0.1, -0.05) is 65.0 Å². The molecule has 0 radical (unpaired) electrons. The Morgan fingerprint density at radius 1 is 1.16 bits per heavy atom. The van der Waals surface area contributed by atoms with Crippen LogP contribution in [0.1, 0.15) is 40.2 Å². The average Bonchev–Trinajstić information content (AvgIpc) is 2.35. The van der Waals surface area contributed by atoms with Crippen LogP contribution in [0, 0.1) is 5.41 Å². The van der Waals surface area contributed by atoms with Crippen molar-refractivity contribution in [1.82, 2.24) is 5.32 Å². The molecule has 0 aliphatic carbocycles. The van der Waals surface area contributed by atoms with Crippen molar-refractivity contribution in [3.05, 3.63) is 35.9 Å². The summed E-state index contributed by atoms with van der Waals surface area (Å²) in [6.45, 7) is 10.7. The molecule has 0 saturated heterocycles. The maximum Gasteiger partial charge on any atom is 0.237 e. The average molecular weight is 262 g/mol. The third-order valence-electron chi connectivity index (χ3n) is 3.48. The molecule has 3 nitrogen and oxygen atoms in total. The van der Waals surface area contributed by atoms with Crippen molar-refractivity contribution in [1.29, 1.82) is 0 Å². The van der Waals surface area contributed by atoms with E-state index in [2.05, 4.69) is 31.3 Å². The predicted octanol–water partition coefficient (Wildman–Crippen LogP) is 2.45. The van der Waals surface area contributed by atoms with E-state index in [4.69, 9.17) is 5.73 Å². The quantitative estimate of drug-likeness (QED) is 0.875. The van der Waals surface area contributed by atoms with Gasteiger partial charge in [-0.2, -0.15) is 0 Å². The third-order valence-corrected chi connectivity index (χ3v) is 3.48. The zero-order valence-corrected chi connectivity index (χ0v) is 12.7. The lowest BCUT2D eigenvalue weighted by Gasteiger charge is -2.29. The van der Waals surface area contributed by atoms with E-state index in [1.165, 1.54) is 5.56 Å². The van der Waals surface area contributed by atoms with Crippen molar-refractivity contribution in [2.45, 2.75) is 46.1 Å². The summed E-state index contributed by atoms with van der Waals surface area (Å²) in [7, 11) is 0. The number of carbonyl (C=O) groups is 1. The highest BCUT2D eigenvalue weighted by Crippen LogP contribution is 2.22. The van der Waals surface area contributed by atoms with Crippen molar-refractivity contribution in [3.8, 4) is 0 Å². The summed E-state index contributed by atoms with van der Waals surface area (Å²) in [4.78, 5) is 12.0. The second-order valence-corrected chi connectivity index (χ2v) is 6.81. The zero-order valence-electron chi connectivity index (χ0n) is 12.7. The SMILES string of the molecule is CC(C)(CNC(=O)C(N)C(C)(C)C)c1ccccc1. The van der Waals surface area contributed by atoms with Gasteiger partial charge in [0.2, 0.25) is 5.91 Å². The number of amides is 1. The molecule has 106 valence electrons. The highest BCUT2D eigenvalue weighted by Gasteiger charge is 2.29. The molecule has 3 heteroatoms. The smallest absolute Gasteiger partial charge is 0.237 e. The Bertz CT molecular complexity index is 418. The first kappa shape index (κ1) is 15.7. The van der Waals surface area contributed by atoms with E-state index < -0.39 is 6.04 Å². The molecule has 1 rings (SSSR count). The number of hydrogen-bond acceptors (Lipinski definition) is 2. The Morgan fingerprint density at radius 2 is 1.68 bits per heavy atom. The summed E-state index contributed by atoms with van der Waals surface area (Å²) in [6, 6.07) is 9.69. The molecule has 0 aliphatic rings. The molecule has 0 bridgehead atoms. The van der Waals surface area contributed by atoms with E-state index >= 15 is 0 Å². The molecule has 0 heterocycles. The summed E-state index contributed by atoms with van der Waals surface area (Å²) in [6.07, 6.45) is 0. The van der Waals surface area contributed by atoms with Gasteiger partial charge in [-0.15, -0.1) is 0 Å². The third kappa shape index (κ3) is 4.35. The number of benzene rings is 1. The van der Waals surface area contributed by atoms with Gasteiger partial charge in [0.25, 0.3) is 0 Å². The maximum absolute atomic E-state index is 12.0. The topological polar surface area (TPSA) is 55.1 Å². The van der Waals surface area contributed by atoms with Crippen molar-refractivity contribution >= 4 is 5.91 Å². The summed E-state index contributed by atoms with van der Waals surface area (Å²) in [5.41, 5.74) is 6.83. The van der Waals surface area contributed by atoms with Crippen LogP contribution in [-0.2, 0) is 10.2 Å². The second kappa shape index (κ2) is 5.74. The molecule has 1 unspecified atom stereocenters. The van der Waals surface area contributed by atoms with Crippen LogP contribution in [0.15, 0.2) is 30.3 Å². The minimum absolute atomic E-state index is 0.0866. The fraction of sp³-hybridized carbons (Fsp3) is 0.562. The predicted molar refractivity (Wildman–Crippen MR) is 79.9 cm³/mol. The number of rotatable bonds is 4. The molecule has 1 amide bonds. The van der Waals surface area contributed by atoms with Gasteiger partial charge in [-0.25, -0.2) is 0 Å². The normalized spacial score (nSPS) is 14.0. The largest absolute Gasteiger partial charge is 0.354 e. The number of carbonyl (C=O) groups excluding carboxylic acids is 1. The summed E-state index contributed by atoms with van der Waals surface area (Å²) in [5, 5.41) is 2.96. The molecule has 0 aliphatic heterocycles. The molecule has 1 aromatic rings. The van der Waals surface area contributed by atoms with Crippen molar-refractivity contribution in [3.63, 3.8) is 0 Å². The summed E-state index contributed by atoms with van der Waals surface area (Å²) in [5.74, 6) is -0.0866. The van der Waals surface area contributed by atoms with Gasteiger partial charge in [-0.3, -0.25) is 4.79 Å². The monoisotopic (exact) mass is 262 g/mol. The molecule has 19 heavy (non-hydrogen) atoms. The molecular formula is C16H26N2O. The Labute approximate surface area is 116 Å². The highest BCUT2D eigenvalue weighted by molar-refractivity contribution is 5.82. The molecule has 0 aromatic heterocycles. The van der Waals surface area contributed by atoms with Crippen molar-refractivity contribution < 1.29 is 4.79 Å². The molecule has 0 spiro atoms. The fourth-order valence-electron chi connectivity index (χ4n) is 1.80. The van der Waals surface area contributed by atoms with E-state index in [9.17, 15) is 4.79 Å². The maximum atomic E-state index is 12.0. The molecule has 0 saturated carbocycles. The Balaban J connectivity index is 2.64. The number of nitrogens with one attached hydrogen (secondary N) is 1.